The third-order valence-electron chi connectivity index (χ3n) is 7.13. The number of rotatable bonds is 9. The Bertz CT molecular complexity index is 1760. The molecule has 0 radical (unpaired) electrons. The van der Waals surface area contributed by atoms with Crippen LogP contribution < -0.4 is 10.0 Å². The van der Waals surface area contributed by atoms with Crippen LogP contribution in [-0.2, 0) is 20.5 Å². The number of halogens is 2. The second kappa shape index (κ2) is 11.4. The molecule has 41 heavy (non-hydrogen) atoms. The molecule has 0 saturated heterocycles. The van der Waals surface area contributed by atoms with Gasteiger partial charge in [0.05, 0.1) is 24.0 Å². The largest absolute Gasteiger partial charge is 0.465 e. The van der Waals surface area contributed by atoms with Crippen LogP contribution in [0, 0.1) is 5.82 Å². The lowest BCUT2D eigenvalue weighted by molar-refractivity contribution is 0.0599. The molecule has 0 aliphatic heterocycles. The summed E-state index contributed by atoms with van der Waals surface area (Å²) in [6.07, 6.45) is 1.82. The van der Waals surface area contributed by atoms with Crippen LogP contribution in [0.5, 0.6) is 0 Å². The van der Waals surface area contributed by atoms with Gasteiger partial charge in [-0.25, -0.2) is 22.3 Å². The zero-order valence-corrected chi connectivity index (χ0v) is 25.0. The maximum absolute atomic E-state index is 13.6. The molecule has 1 aromatic heterocycles. The Morgan fingerprint density at radius 2 is 1.83 bits per heavy atom. The van der Waals surface area contributed by atoms with Crippen LogP contribution in [0.25, 0.3) is 22.3 Å². The van der Waals surface area contributed by atoms with Crippen LogP contribution in [0.3, 0.4) is 0 Å². The summed E-state index contributed by atoms with van der Waals surface area (Å²) in [6.45, 7) is 1.70. The zero-order valence-electron chi connectivity index (χ0n) is 22.6. The van der Waals surface area contributed by atoms with Gasteiger partial charge in [0.15, 0.2) is 0 Å². The van der Waals surface area contributed by atoms with Crippen molar-refractivity contribution in [3.8, 4) is 11.3 Å². The number of methoxy groups -OCH3 is 1. The van der Waals surface area contributed by atoms with Gasteiger partial charge in [-0.2, -0.15) is 0 Å². The number of benzene rings is 3. The summed E-state index contributed by atoms with van der Waals surface area (Å²) in [6, 6.07) is 13.5. The first-order chi connectivity index (χ1) is 19.5. The predicted molar refractivity (Wildman–Crippen MR) is 157 cm³/mol. The summed E-state index contributed by atoms with van der Waals surface area (Å²) in [5.74, 6) is -1.16. The molecule has 1 saturated carbocycles. The fourth-order valence-corrected chi connectivity index (χ4v) is 6.74. The Morgan fingerprint density at radius 3 is 2.46 bits per heavy atom. The normalized spacial score (nSPS) is 14.2. The van der Waals surface area contributed by atoms with Gasteiger partial charge in [-0.3, -0.25) is 4.79 Å². The lowest BCUT2D eigenvalue weighted by Gasteiger charge is -2.17. The molecule has 4 aromatic rings. The number of ether oxygens (including phenoxy) is 1. The van der Waals surface area contributed by atoms with Gasteiger partial charge in [-0.1, -0.05) is 6.07 Å². The number of furan rings is 1. The fourth-order valence-electron chi connectivity index (χ4n) is 4.92. The van der Waals surface area contributed by atoms with E-state index in [1.807, 2.05) is 6.07 Å². The highest BCUT2D eigenvalue weighted by Gasteiger charge is 2.31. The Morgan fingerprint density at radius 1 is 1.12 bits per heavy atom. The quantitative estimate of drug-likeness (QED) is 0.210. The van der Waals surface area contributed by atoms with E-state index in [9.17, 15) is 22.4 Å². The Hall–Kier alpha value is -3.54. The molecule has 3 aromatic carbocycles. The van der Waals surface area contributed by atoms with Gasteiger partial charge in [0.2, 0.25) is 10.0 Å². The van der Waals surface area contributed by atoms with Crippen molar-refractivity contribution in [2.24, 2.45) is 0 Å². The third kappa shape index (κ3) is 6.07. The molecule has 1 aliphatic carbocycles. The minimum Gasteiger partial charge on any atom is -0.465 e. The highest BCUT2D eigenvalue weighted by atomic mass is 79.9. The Kier molecular flexibility index (Phi) is 8.04. The van der Waals surface area contributed by atoms with Crippen molar-refractivity contribution in [3.05, 3.63) is 92.7 Å². The van der Waals surface area contributed by atoms with Gasteiger partial charge >= 0.3 is 5.97 Å². The summed E-state index contributed by atoms with van der Waals surface area (Å²) in [4.78, 5) is 25.0. The van der Waals surface area contributed by atoms with E-state index in [0.717, 1.165) is 18.4 Å². The van der Waals surface area contributed by atoms with Crippen molar-refractivity contribution in [1.29, 1.82) is 0 Å². The van der Waals surface area contributed by atoms with Crippen molar-refractivity contribution in [1.82, 2.24) is 10.0 Å². The first-order valence-electron chi connectivity index (χ1n) is 13.0. The van der Waals surface area contributed by atoms with E-state index in [1.54, 1.807) is 31.2 Å². The van der Waals surface area contributed by atoms with E-state index >= 15 is 0 Å². The SMILES string of the molecule is CNC(=O)c1c(-c2ccc(F)cc2)oc2cc(CS(=O)(=O)NC(C)c3ccc(Br)c(C(=O)OC)c3)c(C3CC3)cc12. The third-order valence-corrected chi connectivity index (χ3v) is 9.22. The lowest BCUT2D eigenvalue weighted by Crippen LogP contribution is -2.28. The molecule has 1 aliphatic rings. The summed E-state index contributed by atoms with van der Waals surface area (Å²) in [5, 5.41) is 3.21. The first-order valence-corrected chi connectivity index (χ1v) is 15.4. The molecule has 1 unspecified atom stereocenters. The monoisotopic (exact) mass is 642 g/mol. The van der Waals surface area contributed by atoms with Gasteiger partial charge in [-0.15, -0.1) is 0 Å². The van der Waals surface area contributed by atoms with Gasteiger partial charge in [0, 0.05) is 28.5 Å². The summed E-state index contributed by atoms with van der Waals surface area (Å²) in [7, 11) is -1.05. The average Bonchev–Trinajstić information content (AvgIpc) is 3.72. The van der Waals surface area contributed by atoms with Gasteiger partial charge in [0.25, 0.3) is 5.91 Å². The number of nitrogens with one attached hydrogen (secondary N) is 2. The second-order valence-electron chi connectivity index (χ2n) is 10.0. The molecule has 2 N–H and O–H groups in total. The number of amides is 1. The fraction of sp³-hybridized carbons (Fsp3) is 0.267. The van der Waals surface area contributed by atoms with Crippen LogP contribution >= 0.6 is 15.9 Å². The topological polar surface area (TPSA) is 115 Å². The van der Waals surface area contributed by atoms with Crippen molar-refractivity contribution in [2.75, 3.05) is 14.2 Å². The number of sulfonamides is 1. The van der Waals surface area contributed by atoms with Gasteiger partial charge in [-0.05, 0) is 107 Å². The Balaban J connectivity index is 1.51. The number of fused-ring (bicyclic) bond motifs is 1. The average molecular weight is 644 g/mol. The summed E-state index contributed by atoms with van der Waals surface area (Å²) < 4.78 is 54.6. The summed E-state index contributed by atoms with van der Waals surface area (Å²) >= 11 is 3.32. The molecular formula is C30H28BrFN2O6S. The molecular weight excluding hydrogens is 615 g/mol. The number of carbonyl (C=O) groups excluding carboxylic acids is 2. The highest BCUT2D eigenvalue weighted by molar-refractivity contribution is 9.10. The second-order valence-corrected chi connectivity index (χ2v) is 12.7. The molecule has 11 heteroatoms. The molecule has 0 bridgehead atoms. The molecule has 1 amide bonds. The number of esters is 1. The van der Waals surface area contributed by atoms with E-state index in [0.29, 0.717) is 43.3 Å². The number of hydrogen-bond donors (Lipinski definition) is 2. The molecule has 1 heterocycles. The molecule has 214 valence electrons. The molecule has 5 rings (SSSR count). The van der Waals surface area contributed by atoms with Crippen LogP contribution in [0.4, 0.5) is 4.39 Å². The Labute approximate surface area is 245 Å². The van der Waals surface area contributed by atoms with Crippen LogP contribution in [0.1, 0.15) is 69.1 Å². The van der Waals surface area contributed by atoms with E-state index < -0.39 is 27.9 Å². The summed E-state index contributed by atoms with van der Waals surface area (Å²) in [5.41, 5.74) is 3.52. The number of carbonyl (C=O) groups is 2. The first kappa shape index (κ1) is 29.0. The zero-order chi connectivity index (χ0) is 29.5. The number of hydrogen-bond acceptors (Lipinski definition) is 6. The van der Waals surface area contributed by atoms with Crippen molar-refractivity contribution >= 4 is 48.8 Å². The van der Waals surface area contributed by atoms with E-state index in [1.165, 1.54) is 38.4 Å². The van der Waals surface area contributed by atoms with Gasteiger partial charge < -0.3 is 14.5 Å². The van der Waals surface area contributed by atoms with Crippen LogP contribution in [-0.4, -0.2) is 34.5 Å². The minimum atomic E-state index is -3.85. The smallest absolute Gasteiger partial charge is 0.339 e. The molecule has 8 nitrogen and oxygen atoms in total. The van der Waals surface area contributed by atoms with Crippen molar-refractivity contribution < 1.29 is 31.6 Å². The van der Waals surface area contributed by atoms with E-state index in [2.05, 4.69) is 26.0 Å². The highest BCUT2D eigenvalue weighted by Crippen LogP contribution is 2.45. The van der Waals surface area contributed by atoms with E-state index in [4.69, 9.17) is 9.15 Å². The standard InChI is InChI=1S/C30H28BrFN2O6S/c1-16(19-8-11-25(31)23(12-19)30(36)39-3)34-41(37,38)15-20-13-26-24(14-22(20)17-4-5-17)27(29(35)33-2)28(40-26)18-6-9-21(32)10-7-18/h6-14,16-17,34H,4-5,15H2,1-3H3,(H,33,35). The molecule has 1 atom stereocenters. The molecule has 1 fully saturated rings. The lowest BCUT2D eigenvalue weighted by atomic mass is 9.98. The maximum Gasteiger partial charge on any atom is 0.339 e. The van der Waals surface area contributed by atoms with Crippen molar-refractivity contribution in [3.63, 3.8) is 0 Å². The van der Waals surface area contributed by atoms with Crippen LogP contribution in [0.2, 0.25) is 0 Å². The van der Waals surface area contributed by atoms with E-state index in [-0.39, 0.29) is 23.3 Å². The van der Waals surface area contributed by atoms with Crippen molar-refractivity contribution in [2.45, 2.75) is 37.5 Å². The minimum absolute atomic E-state index is 0.179. The maximum atomic E-state index is 13.6. The predicted octanol–water partition coefficient (Wildman–Crippen LogP) is 6.21. The van der Waals surface area contributed by atoms with Crippen LogP contribution in [0.15, 0.2) is 63.5 Å². The van der Waals surface area contributed by atoms with Gasteiger partial charge in [0.1, 0.15) is 17.2 Å². The molecule has 0 spiro atoms.